The number of benzene rings is 1. The van der Waals surface area contributed by atoms with Crippen LogP contribution in [0.15, 0.2) is 23.2 Å². The molecule has 0 fully saturated rings. The molecule has 2 rings (SSSR count). The molecule has 1 unspecified atom stereocenters. The number of hydrogen-bond acceptors (Lipinski definition) is 2. The van der Waals surface area contributed by atoms with Gasteiger partial charge < -0.3 is 10.6 Å². The Morgan fingerprint density at radius 2 is 2.25 bits per heavy atom. The van der Waals surface area contributed by atoms with Crippen LogP contribution in [0, 0.1) is 5.82 Å². The number of amides is 2. The molecule has 6 heteroatoms. The van der Waals surface area contributed by atoms with E-state index < -0.39 is 17.9 Å². The molecule has 0 spiro atoms. The van der Waals surface area contributed by atoms with Crippen LogP contribution in [0.5, 0.6) is 0 Å². The highest BCUT2D eigenvalue weighted by Gasteiger charge is 2.33. The number of aliphatic imine (C=N–C) groups is 1. The van der Waals surface area contributed by atoms with Crippen molar-refractivity contribution in [1.29, 1.82) is 0 Å². The molecule has 0 aliphatic carbocycles. The first-order valence-electron chi connectivity index (χ1n) is 4.56. The Bertz CT molecular complexity index is 489. The number of carbonyl (C=O) groups is 1. The topological polar surface area (TPSA) is 58.7 Å². The van der Waals surface area contributed by atoms with Gasteiger partial charge in [-0.2, -0.15) is 4.99 Å². The Morgan fingerprint density at radius 3 is 2.75 bits per heavy atom. The summed E-state index contributed by atoms with van der Waals surface area (Å²) >= 11 is 5.64. The van der Waals surface area contributed by atoms with Crippen molar-refractivity contribution in [2.45, 2.75) is 6.04 Å². The van der Waals surface area contributed by atoms with Crippen LogP contribution in [-0.4, -0.2) is 23.8 Å². The van der Waals surface area contributed by atoms with Crippen molar-refractivity contribution in [2.75, 3.05) is 7.05 Å². The number of nitrogens with two attached hydrogens (primary N) is 1. The molecule has 1 aromatic carbocycles. The van der Waals surface area contributed by atoms with Crippen molar-refractivity contribution in [3.8, 4) is 0 Å². The van der Waals surface area contributed by atoms with Crippen molar-refractivity contribution in [3.63, 3.8) is 0 Å². The van der Waals surface area contributed by atoms with E-state index in [1.165, 1.54) is 24.1 Å². The van der Waals surface area contributed by atoms with Crippen molar-refractivity contribution in [2.24, 2.45) is 10.7 Å². The van der Waals surface area contributed by atoms with E-state index in [4.69, 9.17) is 17.3 Å². The van der Waals surface area contributed by atoms with Gasteiger partial charge in [0.1, 0.15) is 17.7 Å². The zero-order valence-electron chi connectivity index (χ0n) is 8.45. The summed E-state index contributed by atoms with van der Waals surface area (Å²) in [5.41, 5.74) is 5.88. The zero-order chi connectivity index (χ0) is 11.9. The summed E-state index contributed by atoms with van der Waals surface area (Å²) in [5, 5.41) is 0.295. The summed E-state index contributed by atoms with van der Waals surface area (Å²) < 4.78 is 13.6. The highest BCUT2D eigenvalue weighted by atomic mass is 35.5. The number of carbonyl (C=O) groups excluding carboxylic acids is 1. The van der Waals surface area contributed by atoms with Gasteiger partial charge in [0.15, 0.2) is 0 Å². The van der Waals surface area contributed by atoms with Gasteiger partial charge in [-0.15, -0.1) is 0 Å². The number of amidine groups is 1. The van der Waals surface area contributed by atoms with E-state index in [-0.39, 0.29) is 5.84 Å². The zero-order valence-corrected chi connectivity index (χ0v) is 9.20. The van der Waals surface area contributed by atoms with Crippen molar-refractivity contribution in [1.82, 2.24) is 4.90 Å². The van der Waals surface area contributed by atoms with Gasteiger partial charge in [-0.3, -0.25) is 0 Å². The number of likely N-dealkylation sites (N-methyl/N-ethyl adjacent to an activating group) is 1. The first-order valence-corrected chi connectivity index (χ1v) is 4.94. The molecule has 1 aromatic rings. The van der Waals surface area contributed by atoms with Gasteiger partial charge >= 0.3 is 6.03 Å². The maximum atomic E-state index is 13.6. The molecule has 2 amide bonds. The van der Waals surface area contributed by atoms with Crippen molar-refractivity contribution >= 4 is 23.5 Å². The monoisotopic (exact) mass is 241 g/mol. The maximum absolute atomic E-state index is 13.6. The Labute approximate surface area is 96.5 Å². The van der Waals surface area contributed by atoms with Crippen LogP contribution in [0.2, 0.25) is 5.02 Å². The summed E-state index contributed by atoms with van der Waals surface area (Å²) in [7, 11) is 1.52. The molecule has 2 N–H and O–H groups in total. The molecule has 1 aliphatic heterocycles. The second kappa shape index (κ2) is 3.75. The van der Waals surface area contributed by atoms with E-state index in [0.29, 0.717) is 10.6 Å². The van der Waals surface area contributed by atoms with Crippen LogP contribution in [0.25, 0.3) is 0 Å². The average Bonchev–Trinajstić information content (AvgIpc) is 2.43. The Morgan fingerprint density at radius 1 is 1.56 bits per heavy atom. The predicted molar refractivity (Wildman–Crippen MR) is 58.9 cm³/mol. The van der Waals surface area contributed by atoms with E-state index >= 15 is 0 Å². The number of hydrogen-bond donors (Lipinski definition) is 1. The lowest BCUT2D eigenvalue weighted by Crippen LogP contribution is -2.30. The highest BCUT2D eigenvalue weighted by molar-refractivity contribution is 6.30. The maximum Gasteiger partial charge on any atom is 0.345 e. The van der Waals surface area contributed by atoms with Crippen LogP contribution >= 0.6 is 11.6 Å². The van der Waals surface area contributed by atoms with E-state index in [1.807, 2.05) is 0 Å². The Balaban J connectivity index is 2.45. The molecule has 0 radical (unpaired) electrons. The smallest absolute Gasteiger partial charge is 0.345 e. The molecular formula is C10H9ClFN3O. The van der Waals surface area contributed by atoms with Gasteiger partial charge in [-0.1, -0.05) is 17.7 Å². The van der Waals surface area contributed by atoms with Crippen LogP contribution in [0.4, 0.5) is 9.18 Å². The highest BCUT2D eigenvalue weighted by Crippen LogP contribution is 2.28. The van der Waals surface area contributed by atoms with Crippen LogP contribution in [0.1, 0.15) is 11.6 Å². The first kappa shape index (κ1) is 10.9. The number of urea groups is 1. The van der Waals surface area contributed by atoms with Gasteiger partial charge in [-0.05, 0) is 12.1 Å². The molecule has 4 nitrogen and oxygen atoms in total. The number of rotatable bonds is 1. The lowest BCUT2D eigenvalue weighted by molar-refractivity contribution is 0.218. The molecule has 0 aromatic heterocycles. The molecular weight excluding hydrogens is 233 g/mol. The van der Waals surface area contributed by atoms with Gasteiger partial charge in [0.25, 0.3) is 0 Å². The van der Waals surface area contributed by atoms with E-state index in [9.17, 15) is 9.18 Å². The third kappa shape index (κ3) is 1.63. The van der Waals surface area contributed by atoms with E-state index in [2.05, 4.69) is 4.99 Å². The summed E-state index contributed by atoms with van der Waals surface area (Å²) in [6.45, 7) is 0. The fraction of sp³-hybridized carbons (Fsp3) is 0.200. The third-order valence-electron chi connectivity index (χ3n) is 2.45. The van der Waals surface area contributed by atoms with Crippen LogP contribution < -0.4 is 5.73 Å². The second-order valence-electron chi connectivity index (χ2n) is 3.50. The Kier molecular flexibility index (Phi) is 2.55. The minimum atomic E-state index is -0.648. The normalized spacial score (nSPS) is 20.2. The lowest BCUT2D eigenvalue weighted by atomic mass is 10.1. The van der Waals surface area contributed by atoms with Crippen molar-refractivity contribution in [3.05, 3.63) is 34.6 Å². The Hall–Kier alpha value is -1.62. The second-order valence-corrected chi connectivity index (χ2v) is 3.93. The quantitative estimate of drug-likeness (QED) is 0.817. The van der Waals surface area contributed by atoms with E-state index in [0.717, 1.165) is 0 Å². The van der Waals surface area contributed by atoms with Crippen LogP contribution in [-0.2, 0) is 0 Å². The van der Waals surface area contributed by atoms with Gasteiger partial charge in [-0.25, -0.2) is 9.18 Å². The standard InChI is InChI=1S/C10H9ClFN3O/c1-15-8(9(13)14-10(15)16)6-3-2-5(11)4-7(6)12/h2-4,8H,1H3,(H2,13,14,16). The minimum Gasteiger partial charge on any atom is -0.385 e. The molecule has 84 valence electrons. The van der Waals surface area contributed by atoms with Gasteiger partial charge in [0.05, 0.1) is 0 Å². The SMILES string of the molecule is CN1C(=O)N=C(N)C1c1ccc(Cl)cc1F. The summed E-state index contributed by atoms with van der Waals surface area (Å²) in [5.74, 6) is -0.411. The van der Waals surface area contributed by atoms with Gasteiger partial charge in [0, 0.05) is 17.6 Å². The average molecular weight is 242 g/mol. The summed E-state index contributed by atoms with van der Waals surface area (Å²) in [6.07, 6.45) is 0. The summed E-state index contributed by atoms with van der Waals surface area (Å²) in [4.78, 5) is 16.1. The molecule has 0 bridgehead atoms. The van der Waals surface area contributed by atoms with Crippen molar-refractivity contribution < 1.29 is 9.18 Å². The fourth-order valence-electron chi connectivity index (χ4n) is 1.65. The molecule has 1 heterocycles. The molecule has 0 saturated carbocycles. The third-order valence-corrected chi connectivity index (χ3v) is 2.69. The largest absolute Gasteiger partial charge is 0.385 e. The molecule has 1 atom stereocenters. The van der Waals surface area contributed by atoms with Crippen LogP contribution in [0.3, 0.4) is 0 Å². The molecule has 1 aliphatic rings. The molecule has 16 heavy (non-hydrogen) atoms. The number of nitrogens with zero attached hydrogens (tertiary/aromatic N) is 2. The lowest BCUT2D eigenvalue weighted by Gasteiger charge is -2.20. The summed E-state index contributed by atoms with van der Waals surface area (Å²) in [6, 6.07) is 3.10. The minimum absolute atomic E-state index is 0.0914. The predicted octanol–water partition coefficient (Wildman–Crippen LogP) is 1.94. The fourth-order valence-corrected chi connectivity index (χ4v) is 1.81. The van der Waals surface area contributed by atoms with Gasteiger partial charge in [0.2, 0.25) is 0 Å². The number of halogens is 2. The van der Waals surface area contributed by atoms with E-state index in [1.54, 1.807) is 6.07 Å². The first-order chi connectivity index (χ1) is 7.50. The molecule has 0 saturated heterocycles.